The maximum Gasteiger partial charge on any atom is 0.124 e. The maximum atomic E-state index is 6.10. The lowest BCUT2D eigenvalue weighted by molar-refractivity contribution is 0.246. The first-order valence-electron chi connectivity index (χ1n) is 7.08. The van der Waals surface area contributed by atoms with Crippen LogP contribution < -0.4 is 10.1 Å². The van der Waals surface area contributed by atoms with E-state index in [-0.39, 0.29) is 6.04 Å². The van der Waals surface area contributed by atoms with E-state index >= 15 is 0 Å². The molecule has 0 amide bonds. The van der Waals surface area contributed by atoms with Crippen LogP contribution in [0.1, 0.15) is 36.6 Å². The number of fused-ring (bicyclic) bond motifs is 1. The summed E-state index contributed by atoms with van der Waals surface area (Å²) in [5, 5.41) is 4.84. The summed E-state index contributed by atoms with van der Waals surface area (Å²) in [6, 6.07) is 14.4. The van der Waals surface area contributed by atoms with Gasteiger partial charge in [0.05, 0.1) is 16.7 Å². The third-order valence-corrected chi connectivity index (χ3v) is 4.59. The van der Waals surface area contributed by atoms with Crippen LogP contribution in [0.4, 0.5) is 0 Å². The number of hydrogen-bond acceptors (Lipinski definition) is 2. The highest BCUT2D eigenvalue weighted by Gasteiger charge is 2.22. The molecule has 0 saturated carbocycles. The Hall–Kier alpha value is -1.22. The van der Waals surface area contributed by atoms with Crippen molar-refractivity contribution in [3.05, 3.63) is 63.6 Å². The number of ether oxygens (including phenoxy) is 1. The Balaban J connectivity index is 1.79. The zero-order valence-corrected chi connectivity index (χ0v) is 13.3. The topological polar surface area (TPSA) is 21.3 Å². The van der Waals surface area contributed by atoms with Crippen molar-refractivity contribution in [3.63, 3.8) is 0 Å². The summed E-state index contributed by atoms with van der Waals surface area (Å²) >= 11 is 12.1. The molecule has 2 aromatic carbocycles. The molecular formula is C17H17Cl2NO. The van der Waals surface area contributed by atoms with Crippen LogP contribution in [-0.2, 0) is 0 Å². The minimum Gasteiger partial charge on any atom is -0.493 e. The molecule has 0 radical (unpaired) electrons. The van der Waals surface area contributed by atoms with Gasteiger partial charge in [-0.3, -0.25) is 0 Å². The van der Waals surface area contributed by atoms with Gasteiger partial charge in [-0.05, 0) is 30.7 Å². The molecule has 1 heterocycles. The summed E-state index contributed by atoms with van der Waals surface area (Å²) in [4.78, 5) is 0. The molecule has 0 aromatic heterocycles. The summed E-state index contributed by atoms with van der Waals surface area (Å²) in [7, 11) is 0. The number of nitrogens with one attached hydrogen (secondary N) is 1. The molecule has 110 valence electrons. The van der Waals surface area contributed by atoms with Crippen LogP contribution in [0, 0.1) is 0 Å². The molecule has 1 N–H and O–H groups in total. The van der Waals surface area contributed by atoms with Gasteiger partial charge in [-0.25, -0.2) is 0 Å². The van der Waals surface area contributed by atoms with E-state index in [4.69, 9.17) is 27.9 Å². The van der Waals surface area contributed by atoms with E-state index in [9.17, 15) is 0 Å². The van der Waals surface area contributed by atoms with Gasteiger partial charge in [-0.1, -0.05) is 47.5 Å². The molecule has 0 aliphatic carbocycles. The first-order valence-corrected chi connectivity index (χ1v) is 7.83. The molecule has 1 aliphatic heterocycles. The molecule has 0 bridgehead atoms. The van der Waals surface area contributed by atoms with Crippen LogP contribution >= 0.6 is 23.2 Å². The number of benzene rings is 2. The van der Waals surface area contributed by atoms with Gasteiger partial charge in [0.1, 0.15) is 5.75 Å². The lowest BCUT2D eigenvalue weighted by Crippen LogP contribution is -2.29. The Morgan fingerprint density at radius 2 is 1.95 bits per heavy atom. The number of halogens is 2. The molecular weight excluding hydrogens is 305 g/mol. The summed E-state index contributed by atoms with van der Waals surface area (Å²) in [5.74, 6) is 0.975. The highest BCUT2D eigenvalue weighted by Crippen LogP contribution is 2.34. The highest BCUT2D eigenvalue weighted by atomic mass is 35.5. The molecule has 3 rings (SSSR count). The van der Waals surface area contributed by atoms with Crippen LogP contribution in [0.3, 0.4) is 0 Å². The number of rotatable bonds is 3. The van der Waals surface area contributed by atoms with E-state index in [0.29, 0.717) is 16.1 Å². The molecule has 1 aliphatic rings. The van der Waals surface area contributed by atoms with Crippen molar-refractivity contribution >= 4 is 23.2 Å². The lowest BCUT2D eigenvalue weighted by atomic mass is 9.98. The molecule has 2 unspecified atom stereocenters. The standard InChI is InChI=1S/C17H17Cl2NO/c1-11(12-6-7-14(18)15(19)10-12)20-16-8-9-21-17-5-3-2-4-13(16)17/h2-7,10-11,16,20H,8-9H2,1H3. The quantitative estimate of drug-likeness (QED) is 0.842. The van der Waals surface area contributed by atoms with Crippen LogP contribution in [0.15, 0.2) is 42.5 Å². The van der Waals surface area contributed by atoms with E-state index in [1.807, 2.05) is 36.4 Å². The van der Waals surface area contributed by atoms with Crippen LogP contribution in [0.25, 0.3) is 0 Å². The molecule has 2 atom stereocenters. The number of para-hydroxylation sites is 1. The summed E-state index contributed by atoms with van der Waals surface area (Å²) in [6.45, 7) is 2.88. The average Bonchev–Trinajstić information content (AvgIpc) is 2.50. The minimum absolute atomic E-state index is 0.191. The van der Waals surface area contributed by atoms with Gasteiger partial charge >= 0.3 is 0 Å². The predicted molar refractivity (Wildman–Crippen MR) is 87.3 cm³/mol. The molecule has 2 aromatic rings. The fourth-order valence-electron chi connectivity index (χ4n) is 2.69. The van der Waals surface area contributed by atoms with Crippen LogP contribution in [0.2, 0.25) is 10.0 Å². The normalized spacial score (nSPS) is 18.7. The van der Waals surface area contributed by atoms with E-state index < -0.39 is 0 Å². The Morgan fingerprint density at radius 3 is 2.76 bits per heavy atom. The SMILES string of the molecule is CC(NC1CCOc2ccccc21)c1ccc(Cl)c(Cl)c1. The smallest absolute Gasteiger partial charge is 0.124 e. The average molecular weight is 322 g/mol. The van der Waals surface area contributed by atoms with Gasteiger partial charge in [0, 0.05) is 24.1 Å². The monoisotopic (exact) mass is 321 g/mol. The minimum atomic E-state index is 0.191. The van der Waals surface area contributed by atoms with Gasteiger partial charge in [-0.15, -0.1) is 0 Å². The third-order valence-electron chi connectivity index (χ3n) is 3.85. The van der Waals surface area contributed by atoms with E-state index in [1.54, 1.807) is 0 Å². The van der Waals surface area contributed by atoms with Crippen molar-refractivity contribution in [2.24, 2.45) is 0 Å². The second-order valence-electron chi connectivity index (χ2n) is 5.29. The van der Waals surface area contributed by atoms with Crippen molar-refractivity contribution in [2.75, 3.05) is 6.61 Å². The van der Waals surface area contributed by atoms with Crippen molar-refractivity contribution in [1.82, 2.24) is 5.32 Å². The summed E-state index contributed by atoms with van der Waals surface area (Å²) in [5.41, 5.74) is 2.35. The zero-order chi connectivity index (χ0) is 14.8. The van der Waals surface area contributed by atoms with Crippen LogP contribution in [0.5, 0.6) is 5.75 Å². The molecule has 0 spiro atoms. The zero-order valence-electron chi connectivity index (χ0n) is 11.8. The molecule has 4 heteroatoms. The summed E-state index contributed by atoms with van der Waals surface area (Å²) < 4.78 is 5.70. The molecule has 21 heavy (non-hydrogen) atoms. The van der Waals surface area contributed by atoms with Gasteiger partial charge < -0.3 is 10.1 Å². The van der Waals surface area contributed by atoms with Gasteiger partial charge in [-0.2, -0.15) is 0 Å². The van der Waals surface area contributed by atoms with Crippen molar-refractivity contribution in [2.45, 2.75) is 25.4 Å². The molecule has 2 nitrogen and oxygen atoms in total. The Bertz CT molecular complexity index is 644. The largest absolute Gasteiger partial charge is 0.493 e. The molecule has 0 saturated heterocycles. The van der Waals surface area contributed by atoms with Gasteiger partial charge in [0.2, 0.25) is 0 Å². The van der Waals surface area contributed by atoms with E-state index in [1.165, 1.54) is 5.56 Å². The fourth-order valence-corrected chi connectivity index (χ4v) is 3.00. The van der Waals surface area contributed by atoms with Crippen LogP contribution in [-0.4, -0.2) is 6.61 Å². The second-order valence-corrected chi connectivity index (χ2v) is 6.10. The van der Waals surface area contributed by atoms with Crippen molar-refractivity contribution in [1.29, 1.82) is 0 Å². The van der Waals surface area contributed by atoms with Crippen molar-refractivity contribution < 1.29 is 4.74 Å². The van der Waals surface area contributed by atoms with E-state index in [0.717, 1.165) is 24.3 Å². The second kappa shape index (κ2) is 6.27. The number of hydrogen-bond donors (Lipinski definition) is 1. The highest BCUT2D eigenvalue weighted by molar-refractivity contribution is 6.42. The Morgan fingerprint density at radius 1 is 1.14 bits per heavy atom. The van der Waals surface area contributed by atoms with E-state index in [2.05, 4.69) is 18.3 Å². The summed E-state index contributed by atoms with van der Waals surface area (Å²) in [6.07, 6.45) is 0.961. The van der Waals surface area contributed by atoms with Gasteiger partial charge in [0.15, 0.2) is 0 Å². The van der Waals surface area contributed by atoms with Gasteiger partial charge in [0.25, 0.3) is 0 Å². The lowest BCUT2D eigenvalue weighted by Gasteiger charge is -2.29. The van der Waals surface area contributed by atoms with Crippen molar-refractivity contribution in [3.8, 4) is 5.75 Å². The first kappa shape index (κ1) is 14.7. The maximum absolute atomic E-state index is 6.10. The third kappa shape index (κ3) is 3.18. The Labute approximate surface area is 135 Å². The first-order chi connectivity index (χ1) is 10.1. The fraction of sp³-hybridized carbons (Fsp3) is 0.294. The predicted octanol–water partition coefficient (Wildman–Crippen LogP) is 5.17. The Kier molecular flexibility index (Phi) is 4.39. The molecule has 0 fully saturated rings.